The number of nitrogens with zero attached hydrogens (tertiary/aromatic N) is 5. The van der Waals surface area contributed by atoms with E-state index in [1.54, 1.807) is 24.4 Å². The molecule has 4 aromatic rings. The Balaban J connectivity index is 1.36. The molecule has 3 N–H and O–H groups in total. The Morgan fingerprint density at radius 2 is 1.94 bits per heavy atom. The van der Waals surface area contributed by atoms with Crippen LogP contribution in [-0.4, -0.2) is 32.0 Å². The number of nitriles is 1. The van der Waals surface area contributed by atoms with Crippen molar-refractivity contribution in [1.82, 2.24) is 24.9 Å². The van der Waals surface area contributed by atoms with Crippen LogP contribution in [0.25, 0.3) is 16.5 Å². The van der Waals surface area contributed by atoms with Crippen LogP contribution in [0.3, 0.4) is 0 Å². The van der Waals surface area contributed by atoms with Crippen LogP contribution in [0.5, 0.6) is 0 Å². The number of benzene rings is 2. The molecule has 0 atom stereocenters. The van der Waals surface area contributed by atoms with Gasteiger partial charge in [-0.25, -0.2) is 13.8 Å². The summed E-state index contributed by atoms with van der Waals surface area (Å²) < 4.78 is 15.7. The second-order valence-corrected chi connectivity index (χ2v) is 7.36. The van der Waals surface area contributed by atoms with Crippen molar-refractivity contribution in [3.8, 4) is 11.8 Å². The molecule has 33 heavy (non-hydrogen) atoms. The molecule has 1 amide bonds. The largest absolute Gasteiger partial charge is 0.382 e. The minimum absolute atomic E-state index is 0.171. The Hall–Kier alpha value is -4.52. The van der Waals surface area contributed by atoms with Crippen LogP contribution in [0, 0.1) is 17.1 Å². The Labute approximate surface area is 187 Å². The van der Waals surface area contributed by atoms with E-state index < -0.39 is 0 Å². The highest BCUT2D eigenvalue weighted by Gasteiger charge is 2.16. The van der Waals surface area contributed by atoms with Crippen LogP contribution in [0.2, 0.25) is 0 Å². The van der Waals surface area contributed by atoms with E-state index in [0.717, 1.165) is 4.68 Å². The van der Waals surface area contributed by atoms with Gasteiger partial charge >= 0.3 is 0 Å². The zero-order chi connectivity index (χ0) is 23.4. The summed E-state index contributed by atoms with van der Waals surface area (Å²) >= 11 is 0. The van der Waals surface area contributed by atoms with Crippen LogP contribution in [0.4, 0.5) is 10.2 Å². The number of carbonyl (C=O) groups is 1. The molecule has 0 aliphatic rings. The van der Waals surface area contributed by atoms with E-state index in [-0.39, 0.29) is 35.2 Å². The van der Waals surface area contributed by atoms with Crippen molar-refractivity contribution in [3.05, 3.63) is 82.2 Å². The molecule has 10 heteroatoms. The van der Waals surface area contributed by atoms with Gasteiger partial charge < -0.3 is 11.1 Å². The summed E-state index contributed by atoms with van der Waals surface area (Å²) in [5.74, 6) is -0.566. The van der Waals surface area contributed by atoms with Crippen molar-refractivity contribution in [2.45, 2.75) is 19.4 Å². The molecule has 0 aliphatic carbocycles. The van der Waals surface area contributed by atoms with Gasteiger partial charge in [0.05, 0.1) is 23.0 Å². The molecule has 166 valence electrons. The van der Waals surface area contributed by atoms with Crippen LogP contribution >= 0.6 is 0 Å². The van der Waals surface area contributed by atoms with E-state index in [1.165, 1.54) is 28.9 Å². The van der Waals surface area contributed by atoms with E-state index in [4.69, 9.17) is 5.73 Å². The summed E-state index contributed by atoms with van der Waals surface area (Å²) in [4.78, 5) is 24.7. The second kappa shape index (κ2) is 9.32. The molecular weight excluding hydrogens is 425 g/mol. The highest BCUT2D eigenvalue weighted by Crippen LogP contribution is 2.21. The third kappa shape index (κ3) is 4.57. The van der Waals surface area contributed by atoms with E-state index in [9.17, 15) is 19.2 Å². The van der Waals surface area contributed by atoms with Crippen molar-refractivity contribution in [2.75, 3.05) is 12.3 Å². The molecule has 0 aliphatic heterocycles. The van der Waals surface area contributed by atoms with Crippen LogP contribution in [0.15, 0.2) is 59.5 Å². The summed E-state index contributed by atoms with van der Waals surface area (Å²) in [5.41, 5.74) is 7.00. The van der Waals surface area contributed by atoms with E-state index >= 15 is 0 Å². The molecule has 2 aromatic carbocycles. The van der Waals surface area contributed by atoms with Crippen molar-refractivity contribution in [3.63, 3.8) is 0 Å². The second-order valence-electron chi connectivity index (χ2n) is 7.36. The summed E-state index contributed by atoms with van der Waals surface area (Å²) in [6.07, 6.45) is 2.45. The fourth-order valence-electron chi connectivity index (χ4n) is 3.47. The van der Waals surface area contributed by atoms with Gasteiger partial charge in [-0.2, -0.15) is 15.5 Å². The van der Waals surface area contributed by atoms with Crippen LogP contribution in [-0.2, 0) is 17.8 Å². The van der Waals surface area contributed by atoms with Gasteiger partial charge in [0, 0.05) is 11.9 Å². The monoisotopic (exact) mass is 445 g/mol. The third-order valence-corrected chi connectivity index (χ3v) is 5.14. The molecule has 0 radical (unpaired) electrons. The minimum Gasteiger partial charge on any atom is -0.382 e. The van der Waals surface area contributed by atoms with E-state index in [0.29, 0.717) is 41.5 Å². The molecule has 0 unspecified atom stereocenters. The topological polar surface area (TPSA) is 132 Å². The first-order valence-electron chi connectivity index (χ1n) is 10.2. The number of fused-ring (bicyclic) bond motifs is 1. The maximum atomic E-state index is 13.2. The zero-order valence-electron chi connectivity index (χ0n) is 17.5. The molecule has 0 saturated carbocycles. The zero-order valence-corrected chi connectivity index (χ0v) is 17.5. The summed E-state index contributed by atoms with van der Waals surface area (Å²) in [5, 5.41) is 21.9. The number of rotatable bonds is 7. The first-order valence-corrected chi connectivity index (χ1v) is 10.2. The minimum atomic E-state index is -0.387. The fourth-order valence-corrected chi connectivity index (χ4v) is 3.47. The molecular formula is C23H20FN7O2. The van der Waals surface area contributed by atoms with Gasteiger partial charge in [-0.1, -0.05) is 18.2 Å². The van der Waals surface area contributed by atoms with Gasteiger partial charge in [0.25, 0.3) is 5.56 Å². The maximum Gasteiger partial charge on any atom is 0.275 e. The molecule has 0 bridgehead atoms. The van der Waals surface area contributed by atoms with E-state index in [2.05, 4.69) is 21.6 Å². The number of carbonyl (C=O) groups excluding carboxylic acids is 1. The van der Waals surface area contributed by atoms with Gasteiger partial charge in [-0.15, -0.1) is 0 Å². The maximum absolute atomic E-state index is 13.2. The van der Waals surface area contributed by atoms with Crippen molar-refractivity contribution >= 4 is 22.5 Å². The summed E-state index contributed by atoms with van der Waals surface area (Å²) in [7, 11) is 0. The van der Waals surface area contributed by atoms with Gasteiger partial charge in [0.15, 0.2) is 0 Å². The number of aryl methyl sites for hydroxylation is 1. The Bertz CT molecular complexity index is 1420. The normalized spacial score (nSPS) is 10.8. The third-order valence-electron chi connectivity index (χ3n) is 5.14. The SMILES string of the molecule is N#Cc1c(CCCNC(=O)Cn2ncc3ccccc3c2=O)nn(-c2ccc(F)cc2)c1N. The van der Waals surface area contributed by atoms with Crippen LogP contribution in [0.1, 0.15) is 17.7 Å². The predicted molar refractivity (Wildman–Crippen MR) is 120 cm³/mol. The number of nitrogen functional groups attached to an aromatic ring is 1. The van der Waals surface area contributed by atoms with Gasteiger partial charge in [-0.05, 0) is 43.2 Å². The van der Waals surface area contributed by atoms with Crippen LogP contribution < -0.4 is 16.6 Å². The summed E-state index contributed by atoms with van der Waals surface area (Å²) in [6, 6.07) is 14.7. The first kappa shape index (κ1) is 21.7. The van der Waals surface area contributed by atoms with Gasteiger partial charge in [0.1, 0.15) is 29.8 Å². The molecule has 0 saturated heterocycles. The molecule has 2 aromatic heterocycles. The average Bonchev–Trinajstić information content (AvgIpc) is 3.14. The highest BCUT2D eigenvalue weighted by atomic mass is 19.1. The van der Waals surface area contributed by atoms with Crippen molar-refractivity contribution in [1.29, 1.82) is 5.26 Å². The number of hydrogen-bond acceptors (Lipinski definition) is 6. The Morgan fingerprint density at radius 1 is 1.18 bits per heavy atom. The lowest BCUT2D eigenvalue weighted by molar-refractivity contribution is -0.121. The summed E-state index contributed by atoms with van der Waals surface area (Å²) in [6.45, 7) is 0.120. The standard InChI is InChI=1S/C23H20FN7O2/c24-16-7-9-17(10-8-16)31-22(26)19(12-25)20(29-31)6-3-11-27-21(32)14-30-23(33)18-5-2-1-4-15(18)13-28-30/h1-2,4-5,7-10,13H,3,6,11,14,26H2,(H,27,32). The van der Waals surface area contributed by atoms with Gasteiger partial charge in [-0.3, -0.25) is 9.59 Å². The number of amides is 1. The number of halogens is 1. The lowest BCUT2D eigenvalue weighted by atomic mass is 10.1. The predicted octanol–water partition coefficient (Wildman–Crippen LogP) is 1.92. The number of nitrogens with one attached hydrogen (secondary N) is 1. The van der Waals surface area contributed by atoms with E-state index in [1.807, 2.05) is 6.07 Å². The number of nitrogens with two attached hydrogens (primary N) is 1. The number of hydrogen-bond donors (Lipinski definition) is 2. The lowest BCUT2D eigenvalue weighted by Gasteiger charge is -2.07. The molecule has 2 heterocycles. The Kier molecular flexibility index (Phi) is 6.13. The fraction of sp³-hybridized carbons (Fsp3) is 0.174. The lowest BCUT2D eigenvalue weighted by Crippen LogP contribution is -2.34. The number of anilines is 1. The molecule has 0 spiro atoms. The highest BCUT2D eigenvalue weighted by molar-refractivity contribution is 5.81. The Morgan fingerprint density at radius 3 is 2.70 bits per heavy atom. The quantitative estimate of drug-likeness (QED) is 0.418. The first-order chi connectivity index (χ1) is 16.0. The molecule has 0 fully saturated rings. The number of aromatic nitrogens is 4. The van der Waals surface area contributed by atoms with Crippen molar-refractivity contribution < 1.29 is 9.18 Å². The smallest absolute Gasteiger partial charge is 0.275 e. The van der Waals surface area contributed by atoms with Gasteiger partial charge in [0.2, 0.25) is 5.91 Å². The van der Waals surface area contributed by atoms with Crippen molar-refractivity contribution in [2.24, 2.45) is 0 Å². The molecule has 9 nitrogen and oxygen atoms in total. The molecule has 4 rings (SSSR count). The average molecular weight is 445 g/mol.